The van der Waals surface area contributed by atoms with Gasteiger partial charge < -0.3 is 15.0 Å². The molecule has 6 nitrogen and oxygen atoms in total. The Hall–Kier alpha value is -2.57. The predicted octanol–water partition coefficient (Wildman–Crippen LogP) is 3.38. The van der Waals surface area contributed by atoms with Crippen molar-refractivity contribution in [2.75, 3.05) is 57.8 Å². The quantitative estimate of drug-likeness (QED) is 0.594. The largest absolute Gasteiger partial charge is 0.495 e. The Morgan fingerprint density at radius 2 is 1.73 bits per heavy atom. The molecule has 0 saturated carbocycles. The van der Waals surface area contributed by atoms with Crippen LogP contribution in [0.4, 0.5) is 5.69 Å². The summed E-state index contributed by atoms with van der Waals surface area (Å²) in [6.45, 7) is 7.73. The van der Waals surface area contributed by atoms with Gasteiger partial charge in [0, 0.05) is 39.3 Å². The lowest BCUT2D eigenvalue weighted by Crippen LogP contribution is -2.50. The van der Waals surface area contributed by atoms with E-state index in [2.05, 4.69) is 56.4 Å². The van der Waals surface area contributed by atoms with Gasteiger partial charge in [0.05, 0.1) is 18.8 Å². The number of amides is 1. The third-order valence-corrected chi connectivity index (χ3v) is 6.89. The van der Waals surface area contributed by atoms with Gasteiger partial charge in [-0.25, -0.2) is 0 Å². The molecule has 2 saturated heterocycles. The molecule has 6 heteroatoms. The molecule has 0 bridgehead atoms. The monoisotopic (exact) mass is 450 g/mol. The van der Waals surface area contributed by atoms with Crippen molar-refractivity contribution in [3.05, 3.63) is 60.2 Å². The maximum Gasteiger partial charge on any atom is 0.237 e. The molecule has 2 aromatic carbocycles. The molecule has 0 aromatic heterocycles. The number of methoxy groups -OCH3 is 1. The van der Waals surface area contributed by atoms with Gasteiger partial charge in [0.15, 0.2) is 0 Å². The van der Waals surface area contributed by atoms with Crippen molar-refractivity contribution in [1.29, 1.82) is 0 Å². The Bertz CT molecular complexity index is 867. The van der Waals surface area contributed by atoms with Crippen LogP contribution in [0, 0.1) is 0 Å². The number of nitrogens with zero attached hydrogens (tertiary/aromatic N) is 3. The molecule has 33 heavy (non-hydrogen) atoms. The number of anilines is 1. The van der Waals surface area contributed by atoms with E-state index in [1.165, 1.54) is 17.7 Å². The average Bonchev–Trinajstić information content (AvgIpc) is 2.88. The molecule has 2 aliphatic rings. The van der Waals surface area contributed by atoms with E-state index < -0.39 is 0 Å². The lowest BCUT2D eigenvalue weighted by Gasteiger charge is -2.36. The van der Waals surface area contributed by atoms with E-state index >= 15 is 0 Å². The number of ether oxygens (including phenoxy) is 1. The molecule has 1 atom stereocenters. The molecule has 4 rings (SSSR count). The highest BCUT2D eigenvalue weighted by Gasteiger charge is 2.28. The summed E-state index contributed by atoms with van der Waals surface area (Å²) in [5.41, 5.74) is 2.46. The Kier molecular flexibility index (Phi) is 8.61. The third kappa shape index (κ3) is 6.49. The minimum atomic E-state index is 0.00311. The van der Waals surface area contributed by atoms with Crippen LogP contribution < -0.4 is 15.0 Å². The van der Waals surface area contributed by atoms with Gasteiger partial charge >= 0.3 is 0 Å². The second-order valence-electron chi connectivity index (χ2n) is 9.11. The predicted molar refractivity (Wildman–Crippen MR) is 134 cm³/mol. The number of hydrogen-bond donors (Lipinski definition) is 1. The molecule has 0 spiro atoms. The zero-order chi connectivity index (χ0) is 22.9. The van der Waals surface area contributed by atoms with Crippen molar-refractivity contribution < 1.29 is 9.53 Å². The molecule has 1 amide bonds. The Labute approximate surface area is 198 Å². The normalized spacial score (nSPS) is 19.9. The topological polar surface area (TPSA) is 48.1 Å². The molecular weight excluding hydrogens is 412 g/mol. The van der Waals surface area contributed by atoms with Gasteiger partial charge in [-0.3, -0.25) is 14.6 Å². The number of benzene rings is 2. The minimum absolute atomic E-state index is 0.00311. The fourth-order valence-corrected chi connectivity index (χ4v) is 5.03. The average molecular weight is 451 g/mol. The number of hydrogen-bond acceptors (Lipinski definition) is 5. The van der Waals surface area contributed by atoms with Crippen LogP contribution in [0.25, 0.3) is 0 Å². The van der Waals surface area contributed by atoms with Crippen molar-refractivity contribution in [3.63, 3.8) is 0 Å². The molecule has 2 fully saturated rings. The summed E-state index contributed by atoms with van der Waals surface area (Å²) >= 11 is 0. The maximum absolute atomic E-state index is 12.9. The zero-order valence-electron chi connectivity index (χ0n) is 19.9. The highest BCUT2D eigenvalue weighted by molar-refractivity contribution is 5.81. The van der Waals surface area contributed by atoms with Crippen molar-refractivity contribution in [2.45, 2.75) is 38.3 Å². The summed E-state index contributed by atoms with van der Waals surface area (Å²) in [5.74, 6) is 1.14. The summed E-state index contributed by atoms with van der Waals surface area (Å²) in [7, 11) is 1.73. The van der Waals surface area contributed by atoms with Crippen molar-refractivity contribution in [2.24, 2.45) is 0 Å². The summed E-state index contributed by atoms with van der Waals surface area (Å²) < 4.78 is 5.52. The van der Waals surface area contributed by atoms with Crippen LogP contribution in [0.2, 0.25) is 0 Å². The summed E-state index contributed by atoms with van der Waals surface area (Å²) in [6.07, 6.45) is 4.27. The summed E-state index contributed by atoms with van der Waals surface area (Å²) in [5, 5.41) is 3.22. The second kappa shape index (κ2) is 12.1. The van der Waals surface area contributed by atoms with Gasteiger partial charge in [-0.2, -0.15) is 0 Å². The Balaban J connectivity index is 1.17. The fraction of sp³-hybridized carbons (Fsp3) is 0.519. The number of piperidine rings is 1. The molecule has 1 N–H and O–H groups in total. The highest BCUT2D eigenvalue weighted by Crippen LogP contribution is 2.28. The molecule has 0 unspecified atom stereocenters. The van der Waals surface area contributed by atoms with Crippen molar-refractivity contribution in [3.8, 4) is 5.75 Å². The molecule has 0 aliphatic carbocycles. The van der Waals surface area contributed by atoms with E-state index in [0.717, 1.165) is 77.4 Å². The number of rotatable bonds is 9. The molecule has 0 radical (unpaired) electrons. The SMILES string of the molecule is COc1ccccc1N1CCN(CCCNC(=O)[C@H]2CCCCN2Cc2ccccc2)CC1. The van der Waals surface area contributed by atoms with E-state index in [0.29, 0.717) is 0 Å². The first kappa shape index (κ1) is 23.6. The lowest BCUT2D eigenvalue weighted by atomic mass is 10.0. The molecule has 178 valence electrons. The van der Waals surface area contributed by atoms with E-state index in [-0.39, 0.29) is 11.9 Å². The van der Waals surface area contributed by atoms with Crippen LogP contribution in [0.5, 0.6) is 5.75 Å². The minimum Gasteiger partial charge on any atom is -0.495 e. The number of carbonyl (C=O) groups excluding carboxylic acids is 1. The van der Waals surface area contributed by atoms with Gasteiger partial charge in [0.2, 0.25) is 5.91 Å². The van der Waals surface area contributed by atoms with Crippen LogP contribution in [-0.2, 0) is 11.3 Å². The number of likely N-dealkylation sites (tertiary alicyclic amines) is 1. The van der Waals surface area contributed by atoms with Gasteiger partial charge in [-0.15, -0.1) is 0 Å². The Morgan fingerprint density at radius 1 is 0.970 bits per heavy atom. The van der Waals surface area contributed by atoms with E-state index in [9.17, 15) is 4.79 Å². The smallest absolute Gasteiger partial charge is 0.237 e. The van der Waals surface area contributed by atoms with E-state index in [1.54, 1.807) is 7.11 Å². The highest BCUT2D eigenvalue weighted by atomic mass is 16.5. The van der Waals surface area contributed by atoms with Gasteiger partial charge in [0.25, 0.3) is 0 Å². The van der Waals surface area contributed by atoms with Crippen molar-refractivity contribution in [1.82, 2.24) is 15.1 Å². The summed E-state index contributed by atoms with van der Waals surface area (Å²) in [4.78, 5) is 20.2. The molecule has 2 aromatic rings. The van der Waals surface area contributed by atoms with Crippen LogP contribution in [0.3, 0.4) is 0 Å². The Morgan fingerprint density at radius 3 is 2.52 bits per heavy atom. The van der Waals surface area contributed by atoms with Gasteiger partial charge in [0.1, 0.15) is 5.75 Å². The number of piperazine rings is 1. The van der Waals surface area contributed by atoms with Gasteiger partial charge in [-0.05, 0) is 50.0 Å². The van der Waals surface area contributed by atoms with Crippen LogP contribution in [-0.4, -0.2) is 74.7 Å². The third-order valence-electron chi connectivity index (χ3n) is 6.89. The first-order valence-corrected chi connectivity index (χ1v) is 12.4. The van der Waals surface area contributed by atoms with Crippen LogP contribution >= 0.6 is 0 Å². The first-order valence-electron chi connectivity index (χ1n) is 12.4. The molecular formula is C27H38N4O2. The fourth-order valence-electron chi connectivity index (χ4n) is 5.03. The van der Waals surface area contributed by atoms with Gasteiger partial charge in [-0.1, -0.05) is 48.9 Å². The number of para-hydroxylation sites is 2. The van der Waals surface area contributed by atoms with Crippen molar-refractivity contribution >= 4 is 11.6 Å². The lowest BCUT2D eigenvalue weighted by molar-refractivity contribution is -0.127. The summed E-state index contributed by atoms with van der Waals surface area (Å²) in [6, 6.07) is 18.7. The number of nitrogens with one attached hydrogen (secondary N) is 1. The van der Waals surface area contributed by atoms with Crippen LogP contribution in [0.15, 0.2) is 54.6 Å². The second-order valence-corrected chi connectivity index (χ2v) is 9.11. The first-order chi connectivity index (χ1) is 16.2. The molecule has 2 heterocycles. The van der Waals surface area contributed by atoms with Crippen LogP contribution in [0.1, 0.15) is 31.2 Å². The van der Waals surface area contributed by atoms with E-state index in [4.69, 9.17) is 4.74 Å². The molecule has 2 aliphatic heterocycles. The standard InChI is InChI=1S/C27H38N4O2/c1-33-26-14-6-5-12-24(26)30-20-18-29(19-21-30)16-9-15-28-27(32)25-13-7-8-17-31(25)22-23-10-3-2-4-11-23/h2-6,10-12,14,25H,7-9,13,15-22H2,1H3,(H,28,32)/t25-/m1/s1. The van der Waals surface area contributed by atoms with E-state index in [1.807, 2.05) is 18.2 Å². The number of carbonyl (C=O) groups is 1. The zero-order valence-corrected chi connectivity index (χ0v) is 19.9. The maximum atomic E-state index is 12.9.